The van der Waals surface area contributed by atoms with E-state index in [1.54, 1.807) is 0 Å². The van der Waals surface area contributed by atoms with E-state index in [4.69, 9.17) is 5.84 Å². The summed E-state index contributed by atoms with van der Waals surface area (Å²) < 4.78 is 40.2. The van der Waals surface area contributed by atoms with Crippen molar-refractivity contribution in [2.75, 3.05) is 0 Å². The predicted molar refractivity (Wildman–Crippen MR) is 73.9 cm³/mol. The van der Waals surface area contributed by atoms with Crippen LogP contribution in [0.2, 0.25) is 0 Å². The van der Waals surface area contributed by atoms with Gasteiger partial charge in [0.2, 0.25) is 0 Å². The lowest BCUT2D eigenvalue weighted by atomic mass is 9.74. The Labute approximate surface area is 120 Å². The molecule has 1 aliphatic rings. The van der Waals surface area contributed by atoms with Gasteiger partial charge in [-0.2, -0.15) is 0 Å². The number of benzene rings is 2. The molecule has 2 unspecified atom stereocenters. The summed E-state index contributed by atoms with van der Waals surface area (Å²) in [4.78, 5) is 0. The minimum Gasteiger partial charge on any atom is -0.271 e. The number of nitrogens with one attached hydrogen (secondary N) is 1. The highest BCUT2D eigenvalue weighted by atomic mass is 19.2. The van der Waals surface area contributed by atoms with E-state index < -0.39 is 23.5 Å². The molecule has 0 bridgehead atoms. The number of hydrazine groups is 1. The van der Waals surface area contributed by atoms with Crippen molar-refractivity contribution < 1.29 is 13.2 Å². The topological polar surface area (TPSA) is 38.0 Å². The zero-order valence-electron chi connectivity index (χ0n) is 11.2. The first-order chi connectivity index (χ1) is 10.1. The maximum Gasteiger partial charge on any atom is 0.194 e. The molecular weight excluding hydrogens is 277 g/mol. The first kappa shape index (κ1) is 14.1. The Hall–Kier alpha value is -1.85. The van der Waals surface area contributed by atoms with Crippen LogP contribution in [0.15, 0.2) is 36.4 Å². The Morgan fingerprint density at radius 1 is 1.10 bits per heavy atom. The van der Waals surface area contributed by atoms with Gasteiger partial charge in [0.1, 0.15) is 0 Å². The molecule has 0 radical (unpaired) electrons. The first-order valence-electron chi connectivity index (χ1n) is 6.79. The molecule has 1 aliphatic carbocycles. The first-order valence-corrected chi connectivity index (χ1v) is 6.79. The largest absolute Gasteiger partial charge is 0.271 e. The number of fused-ring (bicyclic) bond motifs is 1. The van der Waals surface area contributed by atoms with Gasteiger partial charge in [0.25, 0.3) is 0 Å². The standard InChI is InChI=1S/C16H15F3N2/c17-13-6-5-12(15(18)16(13)19)14(21-20)8-10-7-9-3-1-2-4-11(9)10/h1-6,10,14,21H,7-8,20H2. The third-order valence-electron chi connectivity index (χ3n) is 4.12. The van der Waals surface area contributed by atoms with Crippen molar-refractivity contribution in [3.05, 3.63) is 70.5 Å². The molecule has 0 heterocycles. The van der Waals surface area contributed by atoms with Crippen molar-refractivity contribution in [1.29, 1.82) is 0 Å². The van der Waals surface area contributed by atoms with Crippen LogP contribution in [-0.4, -0.2) is 0 Å². The zero-order valence-corrected chi connectivity index (χ0v) is 11.2. The summed E-state index contributed by atoms with van der Waals surface area (Å²) in [5.74, 6) is 1.90. The predicted octanol–water partition coefficient (Wildman–Crippen LogP) is 3.34. The van der Waals surface area contributed by atoms with Crippen LogP contribution in [-0.2, 0) is 6.42 Å². The lowest BCUT2D eigenvalue weighted by Gasteiger charge is -2.33. The van der Waals surface area contributed by atoms with Gasteiger partial charge in [-0.05, 0) is 36.0 Å². The Morgan fingerprint density at radius 2 is 1.86 bits per heavy atom. The molecule has 110 valence electrons. The Balaban J connectivity index is 1.83. The summed E-state index contributed by atoms with van der Waals surface area (Å²) in [5, 5.41) is 0. The van der Waals surface area contributed by atoms with E-state index in [0.29, 0.717) is 6.42 Å². The molecule has 2 aromatic rings. The molecule has 2 atom stereocenters. The zero-order chi connectivity index (χ0) is 15.0. The SMILES string of the molecule is NNC(CC1Cc2ccccc21)c1ccc(F)c(F)c1F. The van der Waals surface area contributed by atoms with E-state index in [2.05, 4.69) is 11.5 Å². The van der Waals surface area contributed by atoms with Crippen LogP contribution in [0.1, 0.15) is 35.1 Å². The normalized spacial score (nSPS) is 18.0. The highest BCUT2D eigenvalue weighted by Crippen LogP contribution is 2.41. The summed E-state index contributed by atoms with van der Waals surface area (Å²) in [6.07, 6.45) is 1.43. The molecule has 5 heteroatoms. The van der Waals surface area contributed by atoms with Gasteiger partial charge in [0.15, 0.2) is 17.5 Å². The monoisotopic (exact) mass is 292 g/mol. The average Bonchev–Trinajstić information content (AvgIpc) is 2.47. The molecule has 0 saturated carbocycles. The maximum absolute atomic E-state index is 13.9. The van der Waals surface area contributed by atoms with Crippen LogP contribution >= 0.6 is 0 Å². The lowest BCUT2D eigenvalue weighted by molar-refractivity contribution is 0.396. The number of nitrogens with two attached hydrogens (primary N) is 1. The van der Waals surface area contributed by atoms with E-state index in [1.807, 2.05) is 18.2 Å². The molecule has 3 rings (SSSR count). The molecule has 3 N–H and O–H groups in total. The second kappa shape index (κ2) is 5.50. The van der Waals surface area contributed by atoms with Crippen molar-refractivity contribution in [1.82, 2.24) is 5.43 Å². The lowest BCUT2D eigenvalue weighted by Crippen LogP contribution is -2.32. The molecule has 0 saturated heterocycles. The van der Waals surface area contributed by atoms with E-state index in [0.717, 1.165) is 12.5 Å². The van der Waals surface area contributed by atoms with Gasteiger partial charge >= 0.3 is 0 Å². The van der Waals surface area contributed by atoms with Crippen molar-refractivity contribution in [3.8, 4) is 0 Å². The molecule has 0 fully saturated rings. The average molecular weight is 292 g/mol. The summed E-state index contributed by atoms with van der Waals surface area (Å²) in [6, 6.07) is 9.61. The molecule has 0 aromatic heterocycles. The van der Waals surface area contributed by atoms with Crippen LogP contribution < -0.4 is 11.3 Å². The van der Waals surface area contributed by atoms with E-state index in [1.165, 1.54) is 17.2 Å². The molecular formula is C16H15F3N2. The van der Waals surface area contributed by atoms with Gasteiger partial charge in [0, 0.05) is 11.6 Å². The second-order valence-electron chi connectivity index (χ2n) is 5.32. The Morgan fingerprint density at radius 3 is 2.57 bits per heavy atom. The quantitative estimate of drug-likeness (QED) is 0.515. The van der Waals surface area contributed by atoms with Crippen LogP contribution in [0.4, 0.5) is 13.2 Å². The maximum atomic E-state index is 13.9. The molecule has 21 heavy (non-hydrogen) atoms. The van der Waals surface area contributed by atoms with Crippen molar-refractivity contribution in [2.45, 2.75) is 24.8 Å². The van der Waals surface area contributed by atoms with E-state index in [9.17, 15) is 13.2 Å². The van der Waals surface area contributed by atoms with Gasteiger partial charge < -0.3 is 0 Å². The van der Waals surface area contributed by atoms with E-state index in [-0.39, 0.29) is 11.5 Å². The smallest absolute Gasteiger partial charge is 0.194 e. The van der Waals surface area contributed by atoms with Crippen LogP contribution in [0, 0.1) is 17.5 Å². The number of rotatable bonds is 4. The van der Waals surface area contributed by atoms with Crippen molar-refractivity contribution in [2.24, 2.45) is 5.84 Å². The summed E-state index contributed by atoms with van der Waals surface area (Å²) in [6.45, 7) is 0. The highest BCUT2D eigenvalue weighted by Gasteiger charge is 2.30. The number of halogens is 3. The van der Waals surface area contributed by atoms with Gasteiger partial charge in [-0.1, -0.05) is 30.3 Å². The van der Waals surface area contributed by atoms with Gasteiger partial charge in [-0.3, -0.25) is 11.3 Å². The summed E-state index contributed by atoms with van der Waals surface area (Å²) in [5.41, 5.74) is 5.04. The molecule has 0 amide bonds. The Kier molecular flexibility index (Phi) is 3.69. The van der Waals surface area contributed by atoms with Crippen LogP contribution in [0.25, 0.3) is 0 Å². The fourth-order valence-electron chi connectivity index (χ4n) is 2.95. The van der Waals surface area contributed by atoms with Gasteiger partial charge in [-0.15, -0.1) is 0 Å². The molecule has 2 nitrogen and oxygen atoms in total. The van der Waals surface area contributed by atoms with Crippen LogP contribution in [0.5, 0.6) is 0 Å². The van der Waals surface area contributed by atoms with Crippen molar-refractivity contribution >= 4 is 0 Å². The second-order valence-corrected chi connectivity index (χ2v) is 5.32. The van der Waals surface area contributed by atoms with E-state index >= 15 is 0 Å². The summed E-state index contributed by atoms with van der Waals surface area (Å²) in [7, 11) is 0. The molecule has 0 aliphatic heterocycles. The fraction of sp³-hybridized carbons (Fsp3) is 0.250. The minimum absolute atomic E-state index is 0.0563. The highest BCUT2D eigenvalue weighted by molar-refractivity contribution is 5.40. The number of hydrogen-bond donors (Lipinski definition) is 2. The number of hydrogen-bond acceptors (Lipinski definition) is 2. The third-order valence-corrected chi connectivity index (χ3v) is 4.12. The van der Waals surface area contributed by atoms with Crippen molar-refractivity contribution in [3.63, 3.8) is 0 Å². The van der Waals surface area contributed by atoms with Crippen LogP contribution in [0.3, 0.4) is 0 Å². The fourth-order valence-corrected chi connectivity index (χ4v) is 2.95. The molecule has 0 spiro atoms. The summed E-state index contributed by atoms with van der Waals surface area (Å²) >= 11 is 0. The third kappa shape index (κ3) is 2.43. The minimum atomic E-state index is -1.46. The van der Waals surface area contributed by atoms with Gasteiger partial charge in [-0.25, -0.2) is 13.2 Å². The molecule has 2 aromatic carbocycles. The van der Waals surface area contributed by atoms with Gasteiger partial charge in [0.05, 0.1) is 0 Å². The Bertz CT molecular complexity index is 673.